The molecule has 1 aromatic carbocycles. The first-order chi connectivity index (χ1) is 8.79. The minimum absolute atomic E-state index is 0.412. The highest BCUT2D eigenvalue weighted by Gasteiger charge is 2.09. The zero-order chi connectivity index (χ0) is 12.5. The number of hydrogen-bond acceptors (Lipinski definition) is 3. The first-order valence-electron chi connectivity index (χ1n) is 5.34. The maximum atomic E-state index is 8.31. The van der Waals surface area contributed by atoms with E-state index in [0.717, 1.165) is 14.7 Å². The molecule has 5 nitrogen and oxygen atoms in total. The Morgan fingerprint density at radius 2 is 2.39 bits per heavy atom. The molecule has 0 aliphatic rings. The van der Waals surface area contributed by atoms with Crippen molar-refractivity contribution in [3.8, 4) is 0 Å². The molecule has 0 spiro atoms. The van der Waals surface area contributed by atoms with Crippen molar-refractivity contribution in [3.05, 3.63) is 38.6 Å². The summed E-state index contributed by atoms with van der Waals surface area (Å²) in [7, 11) is 0. The highest BCUT2D eigenvalue weighted by atomic mass is 79.9. The van der Waals surface area contributed by atoms with Crippen molar-refractivity contribution < 1.29 is 0 Å². The molecule has 0 unspecified atom stereocenters. The number of nitrogens with zero attached hydrogens (tertiary/aromatic N) is 5. The summed E-state index contributed by atoms with van der Waals surface area (Å²) in [6.45, 7) is 1.01. The second-order valence-corrected chi connectivity index (χ2v) is 6.25. The van der Waals surface area contributed by atoms with Gasteiger partial charge in [-0.05, 0) is 39.7 Å². The molecule has 0 aliphatic heterocycles. The number of fused-ring (bicyclic) bond motifs is 3. The van der Waals surface area contributed by atoms with Gasteiger partial charge in [-0.15, -0.1) is 11.3 Å². The molecule has 2 aromatic heterocycles. The van der Waals surface area contributed by atoms with Gasteiger partial charge in [0, 0.05) is 33.5 Å². The molecule has 0 bridgehead atoms. The third-order valence-electron chi connectivity index (χ3n) is 2.74. The van der Waals surface area contributed by atoms with Crippen LogP contribution in [0.15, 0.2) is 33.3 Å². The minimum Gasteiger partial charge on any atom is -0.264 e. The van der Waals surface area contributed by atoms with E-state index < -0.39 is 0 Å². The van der Waals surface area contributed by atoms with Crippen LogP contribution in [0, 0.1) is 0 Å². The lowest BCUT2D eigenvalue weighted by Crippen LogP contribution is -2.02. The second-order valence-electron chi connectivity index (χ2n) is 3.79. The molecule has 7 heteroatoms. The highest BCUT2D eigenvalue weighted by Crippen LogP contribution is 2.34. The molecule has 0 N–H and O–H groups in total. The van der Waals surface area contributed by atoms with Crippen LogP contribution in [0.3, 0.4) is 0 Å². The molecule has 2 heterocycles. The van der Waals surface area contributed by atoms with E-state index >= 15 is 0 Å². The number of azide groups is 1. The van der Waals surface area contributed by atoms with E-state index in [2.05, 4.69) is 49.3 Å². The molecular weight excluding hydrogens is 314 g/mol. The lowest BCUT2D eigenvalue weighted by molar-refractivity contribution is 0.646. The van der Waals surface area contributed by atoms with Gasteiger partial charge in [0.25, 0.3) is 0 Å². The fourth-order valence-electron chi connectivity index (χ4n) is 2.02. The van der Waals surface area contributed by atoms with Crippen LogP contribution in [0.1, 0.15) is 0 Å². The Morgan fingerprint density at radius 1 is 1.50 bits per heavy atom. The Morgan fingerprint density at radius 3 is 3.22 bits per heavy atom. The lowest BCUT2D eigenvalue weighted by Gasteiger charge is -2.01. The summed E-state index contributed by atoms with van der Waals surface area (Å²) in [4.78, 5) is 2.76. The van der Waals surface area contributed by atoms with Crippen LogP contribution >= 0.6 is 27.3 Å². The summed E-state index contributed by atoms with van der Waals surface area (Å²) in [5.74, 6) is 0. The Labute approximate surface area is 115 Å². The first-order valence-corrected chi connectivity index (χ1v) is 6.95. The molecule has 18 heavy (non-hydrogen) atoms. The van der Waals surface area contributed by atoms with Crippen LogP contribution in [0.5, 0.6) is 0 Å². The number of rotatable bonds is 3. The Hall–Kier alpha value is -1.56. The van der Waals surface area contributed by atoms with Crippen molar-refractivity contribution in [2.75, 3.05) is 6.54 Å². The Balaban J connectivity index is 2.19. The van der Waals surface area contributed by atoms with Crippen molar-refractivity contribution in [1.82, 2.24) is 9.78 Å². The van der Waals surface area contributed by atoms with Crippen molar-refractivity contribution in [2.24, 2.45) is 5.11 Å². The fourth-order valence-corrected chi connectivity index (χ4v) is 3.56. The standard InChI is InChI=1S/C11H8BrN5S/c12-10-5-8-9(18-10)2-1-7-6-15-17(11(7)8)4-3-14-16-13/h1-2,5-6H,3-4H2. The van der Waals surface area contributed by atoms with E-state index in [9.17, 15) is 0 Å². The average Bonchev–Trinajstić information content (AvgIpc) is 2.91. The zero-order valence-electron chi connectivity index (χ0n) is 9.25. The van der Waals surface area contributed by atoms with Gasteiger partial charge >= 0.3 is 0 Å². The summed E-state index contributed by atoms with van der Waals surface area (Å²) in [6.07, 6.45) is 1.84. The minimum atomic E-state index is 0.412. The van der Waals surface area contributed by atoms with Crippen LogP contribution in [0.25, 0.3) is 31.4 Å². The van der Waals surface area contributed by atoms with E-state index in [0.29, 0.717) is 13.1 Å². The van der Waals surface area contributed by atoms with Gasteiger partial charge in [-0.25, -0.2) is 0 Å². The van der Waals surface area contributed by atoms with Gasteiger partial charge < -0.3 is 0 Å². The zero-order valence-corrected chi connectivity index (χ0v) is 11.6. The normalized spacial score (nSPS) is 10.9. The van der Waals surface area contributed by atoms with E-state index in [4.69, 9.17) is 5.53 Å². The molecule has 3 aromatic rings. The number of thiophene rings is 1. The van der Waals surface area contributed by atoms with Crippen LogP contribution in [0.2, 0.25) is 0 Å². The molecule has 0 radical (unpaired) electrons. The third-order valence-corrected chi connectivity index (χ3v) is 4.35. The largest absolute Gasteiger partial charge is 0.264 e. The SMILES string of the molecule is [N-]=[N+]=NCCn1ncc2ccc3sc(Br)cc3c21. The van der Waals surface area contributed by atoms with Gasteiger partial charge in [-0.3, -0.25) is 4.68 Å². The summed E-state index contributed by atoms with van der Waals surface area (Å²) < 4.78 is 4.22. The van der Waals surface area contributed by atoms with Crippen molar-refractivity contribution >= 4 is 48.3 Å². The summed E-state index contributed by atoms with van der Waals surface area (Å²) in [6, 6.07) is 6.28. The average molecular weight is 322 g/mol. The molecule has 0 saturated heterocycles. The molecule has 0 saturated carbocycles. The fraction of sp³-hybridized carbons (Fsp3) is 0.182. The van der Waals surface area contributed by atoms with Gasteiger partial charge in [-0.1, -0.05) is 5.11 Å². The van der Waals surface area contributed by atoms with Gasteiger partial charge in [-0.2, -0.15) is 5.10 Å². The van der Waals surface area contributed by atoms with Gasteiger partial charge in [0.1, 0.15) is 0 Å². The molecule has 0 amide bonds. The van der Waals surface area contributed by atoms with Crippen LogP contribution in [-0.2, 0) is 6.54 Å². The number of benzene rings is 1. The number of aromatic nitrogens is 2. The summed E-state index contributed by atoms with van der Waals surface area (Å²) in [5.41, 5.74) is 9.41. The van der Waals surface area contributed by atoms with Gasteiger partial charge in [0.05, 0.1) is 15.5 Å². The predicted octanol–water partition coefficient (Wildman–Crippen LogP) is 4.32. The molecule has 3 rings (SSSR count). The van der Waals surface area contributed by atoms with Crippen LogP contribution < -0.4 is 0 Å². The molecule has 0 fully saturated rings. The van der Waals surface area contributed by atoms with E-state index in [-0.39, 0.29) is 0 Å². The Kier molecular flexibility index (Phi) is 2.95. The van der Waals surface area contributed by atoms with E-state index in [1.807, 2.05) is 10.9 Å². The molecular formula is C11H8BrN5S. The maximum Gasteiger partial charge on any atom is 0.0769 e. The van der Waals surface area contributed by atoms with Crippen molar-refractivity contribution in [2.45, 2.75) is 6.54 Å². The number of halogens is 1. The lowest BCUT2D eigenvalue weighted by atomic mass is 10.2. The Bertz CT molecular complexity index is 768. The van der Waals surface area contributed by atoms with Crippen LogP contribution in [-0.4, -0.2) is 16.3 Å². The summed E-state index contributed by atoms with van der Waals surface area (Å²) in [5, 5.41) is 10.2. The molecule has 0 aliphatic carbocycles. The smallest absolute Gasteiger partial charge is 0.0769 e. The maximum absolute atomic E-state index is 8.31. The van der Waals surface area contributed by atoms with Crippen molar-refractivity contribution in [1.29, 1.82) is 0 Å². The topological polar surface area (TPSA) is 66.6 Å². The van der Waals surface area contributed by atoms with Crippen molar-refractivity contribution in [3.63, 3.8) is 0 Å². The molecule has 0 atom stereocenters. The third kappa shape index (κ3) is 1.86. The van der Waals surface area contributed by atoms with Gasteiger partial charge in [0.2, 0.25) is 0 Å². The quantitative estimate of drug-likeness (QED) is 0.402. The second kappa shape index (κ2) is 4.61. The van der Waals surface area contributed by atoms with Gasteiger partial charge in [0.15, 0.2) is 0 Å². The molecule has 90 valence electrons. The summed E-state index contributed by atoms with van der Waals surface area (Å²) >= 11 is 5.21. The van der Waals surface area contributed by atoms with E-state index in [1.54, 1.807) is 11.3 Å². The van der Waals surface area contributed by atoms with E-state index in [1.165, 1.54) is 10.1 Å². The first kappa shape index (κ1) is 11.5. The monoisotopic (exact) mass is 321 g/mol. The van der Waals surface area contributed by atoms with Crippen LogP contribution in [0.4, 0.5) is 0 Å². The predicted molar refractivity (Wildman–Crippen MR) is 76.8 cm³/mol. The number of hydrogen-bond donors (Lipinski definition) is 0. The highest BCUT2D eigenvalue weighted by molar-refractivity contribution is 9.11.